The lowest BCUT2D eigenvalue weighted by molar-refractivity contribution is 0.0951. The Labute approximate surface area is 207 Å². The Morgan fingerprint density at radius 2 is 1.69 bits per heavy atom. The zero-order valence-electron chi connectivity index (χ0n) is 20.5. The van der Waals surface area contributed by atoms with E-state index in [2.05, 4.69) is 15.4 Å². The number of nitrogens with zero attached hydrogens (tertiary/aromatic N) is 1. The van der Waals surface area contributed by atoms with Gasteiger partial charge in [-0.1, -0.05) is 24.3 Å². The summed E-state index contributed by atoms with van der Waals surface area (Å²) >= 11 is 0. The summed E-state index contributed by atoms with van der Waals surface area (Å²) in [6.07, 6.45) is 0. The van der Waals surface area contributed by atoms with Gasteiger partial charge < -0.3 is 20.3 Å². The second kappa shape index (κ2) is 11.7. The third-order valence-electron chi connectivity index (χ3n) is 5.41. The summed E-state index contributed by atoms with van der Waals surface area (Å²) < 4.78 is 34.1. The lowest BCUT2D eigenvalue weighted by Gasteiger charge is -2.15. The van der Waals surface area contributed by atoms with Crippen LogP contribution in [0.1, 0.15) is 21.5 Å². The molecule has 0 unspecified atom stereocenters. The molecule has 3 aromatic carbocycles. The first-order valence-corrected chi connectivity index (χ1v) is 12.7. The van der Waals surface area contributed by atoms with Gasteiger partial charge in [0.05, 0.1) is 12.0 Å². The number of ether oxygens (including phenoxy) is 1. The van der Waals surface area contributed by atoms with Crippen molar-refractivity contribution in [3.63, 3.8) is 0 Å². The van der Waals surface area contributed by atoms with Gasteiger partial charge in [0.2, 0.25) is 0 Å². The van der Waals surface area contributed by atoms with Gasteiger partial charge in [0.15, 0.2) is 0 Å². The molecule has 0 aromatic heterocycles. The zero-order valence-corrected chi connectivity index (χ0v) is 21.3. The fourth-order valence-electron chi connectivity index (χ4n) is 3.36. The van der Waals surface area contributed by atoms with Crippen LogP contribution in [0.5, 0.6) is 5.75 Å². The summed E-state index contributed by atoms with van der Waals surface area (Å²) in [6, 6.07) is 19.1. The van der Waals surface area contributed by atoms with Crippen LogP contribution in [0.15, 0.2) is 71.6 Å². The van der Waals surface area contributed by atoms with Crippen LogP contribution in [0.2, 0.25) is 0 Å². The van der Waals surface area contributed by atoms with Gasteiger partial charge >= 0.3 is 0 Å². The number of carbonyl (C=O) groups is 1. The maximum Gasteiger partial charge on any atom is 0.261 e. The molecule has 35 heavy (non-hydrogen) atoms. The van der Waals surface area contributed by atoms with Crippen LogP contribution in [-0.2, 0) is 16.6 Å². The molecule has 0 fully saturated rings. The number of anilines is 2. The van der Waals surface area contributed by atoms with Crippen LogP contribution in [0.25, 0.3) is 0 Å². The average Bonchev–Trinajstić information content (AvgIpc) is 2.83. The number of hydrogen-bond acceptors (Lipinski definition) is 6. The molecule has 0 aliphatic carbocycles. The Hall–Kier alpha value is -3.56. The molecular formula is C26H32N4O4S. The van der Waals surface area contributed by atoms with Crippen LogP contribution in [0.4, 0.5) is 11.4 Å². The smallest absolute Gasteiger partial charge is 0.261 e. The summed E-state index contributed by atoms with van der Waals surface area (Å²) in [5.41, 5.74) is 3.37. The lowest BCUT2D eigenvalue weighted by atomic mass is 10.1. The Kier molecular flexibility index (Phi) is 8.73. The van der Waals surface area contributed by atoms with E-state index < -0.39 is 10.0 Å². The van der Waals surface area contributed by atoms with E-state index in [-0.39, 0.29) is 16.4 Å². The van der Waals surface area contributed by atoms with Gasteiger partial charge in [-0.05, 0) is 74.6 Å². The van der Waals surface area contributed by atoms with Gasteiger partial charge in [0.1, 0.15) is 5.75 Å². The van der Waals surface area contributed by atoms with Crippen molar-refractivity contribution in [3.8, 4) is 5.75 Å². The van der Waals surface area contributed by atoms with Crippen LogP contribution >= 0.6 is 0 Å². The summed E-state index contributed by atoms with van der Waals surface area (Å²) in [4.78, 5) is 14.8. The number of amides is 1. The highest BCUT2D eigenvalue weighted by molar-refractivity contribution is 7.92. The molecule has 3 aromatic rings. The Morgan fingerprint density at radius 1 is 0.971 bits per heavy atom. The van der Waals surface area contributed by atoms with Gasteiger partial charge in [-0.3, -0.25) is 9.52 Å². The first kappa shape index (κ1) is 26.1. The summed E-state index contributed by atoms with van der Waals surface area (Å²) in [6.45, 7) is 3.62. The topological polar surface area (TPSA) is 99.8 Å². The first-order chi connectivity index (χ1) is 16.7. The van der Waals surface area contributed by atoms with Gasteiger partial charge in [0, 0.05) is 36.6 Å². The quantitative estimate of drug-likeness (QED) is 0.374. The molecular weight excluding hydrogens is 464 g/mol. The number of methoxy groups -OCH3 is 1. The molecule has 186 valence electrons. The molecule has 9 heteroatoms. The van der Waals surface area contributed by atoms with Crippen molar-refractivity contribution in [1.29, 1.82) is 0 Å². The minimum absolute atomic E-state index is 0.0131. The van der Waals surface area contributed by atoms with Crippen molar-refractivity contribution in [3.05, 3.63) is 83.4 Å². The molecule has 0 aliphatic heterocycles. The van der Waals surface area contributed by atoms with Gasteiger partial charge in [-0.15, -0.1) is 0 Å². The van der Waals surface area contributed by atoms with Crippen molar-refractivity contribution in [2.75, 3.05) is 44.3 Å². The maximum atomic E-state index is 13.2. The summed E-state index contributed by atoms with van der Waals surface area (Å²) in [7, 11) is 1.41. The Bertz CT molecular complexity index is 1260. The minimum Gasteiger partial charge on any atom is -0.497 e. The second-order valence-electron chi connectivity index (χ2n) is 8.42. The van der Waals surface area contributed by atoms with Crippen molar-refractivity contribution in [2.45, 2.75) is 18.4 Å². The number of likely N-dealkylation sites (N-methyl/N-ethyl adjacent to an activating group) is 1. The highest BCUT2D eigenvalue weighted by Crippen LogP contribution is 2.24. The van der Waals surface area contributed by atoms with Crippen molar-refractivity contribution >= 4 is 27.3 Å². The van der Waals surface area contributed by atoms with Gasteiger partial charge in [-0.25, -0.2) is 8.42 Å². The van der Waals surface area contributed by atoms with E-state index >= 15 is 0 Å². The van der Waals surface area contributed by atoms with Gasteiger partial charge in [0.25, 0.3) is 15.9 Å². The number of rotatable bonds is 11. The van der Waals surface area contributed by atoms with E-state index in [0.29, 0.717) is 36.8 Å². The third kappa shape index (κ3) is 7.46. The molecule has 3 N–H and O–H groups in total. The number of nitrogens with one attached hydrogen (secondary N) is 3. The molecule has 0 atom stereocenters. The lowest BCUT2D eigenvalue weighted by Crippen LogP contribution is -2.31. The highest BCUT2D eigenvalue weighted by Gasteiger charge is 2.19. The molecule has 0 aliphatic rings. The number of benzene rings is 3. The number of aryl methyl sites for hydroxylation is 1. The molecule has 0 saturated heterocycles. The number of hydrogen-bond donors (Lipinski definition) is 3. The first-order valence-electron chi connectivity index (χ1n) is 11.2. The third-order valence-corrected chi connectivity index (χ3v) is 6.77. The summed E-state index contributed by atoms with van der Waals surface area (Å²) in [5.74, 6) is 0.277. The maximum absolute atomic E-state index is 13.2. The van der Waals surface area contributed by atoms with Crippen LogP contribution in [-0.4, -0.2) is 53.5 Å². The minimum atomic E-state index is -3.96. The molecule has 0 radical (unpaired) electrons. The number of sulfonamides is 1. The Balaban J connectivity index is 1.89. The SMILES string of the molecule is COc1ccc(NS(=O)(=O)c2cc(NCc3ccccc3C)cc(C(=O)NCCN(C)C)c2)cc1. The normalized spacial score (nSPS) is 11.2. The number of carbonyl (C=O) groups excluding carboxylic acids is 1. The molecule has 0 spiro atoms. The molecule has 0 heterocycles. The van der Waals surface area contributed by atoms with E-state index in [1.165, 1.54) is 12.1 Å². The predicted molar refractivity (Wildman–Crippen MR) is 140 cm³/mol. The Morgan fingerprint density at radius 3 is 2.34 bits per heavy atom. The monoisotopic (exact) mass is 496 g/mol. The van der Waals surface area contributed by atoms with E-state index in [1.807, 2.05) is 50.2 Å². The van der Waals surface area contributed by atoms with Crippen LogP contribution in [0.3, 0.4) is 0 Å². The zero-order chi connectivity index (χ0) is 25.4. The molecule has 0 saturated carbocycles. The fraction of sp³-hybridized carbons (Fsp3) is 0.269. The fourth-order valence-corrected chi connectivity index (χ4v) is 4.49. The molecule has 3 rings (SSSR count). The van der Waals surface area contributed by atoms with Gasteiger partial charge in [-0.2, -0.15) is 0 Å². The molecule has 1 amide bonds. The van der Waals surface area contributed by atoms with Crippen molar-refractivity contribution in [1.82, 2.24) is 10.2 Å². The van der Waals surface area contributed by atoms with Crippen LogP contribution in [0, 0.1) is 6.92 Å². The van der Waals surface area contributed by atoms with Crippen LogP contribution < -0.4 is 20.1 Å². The standard InChI is InChI=1S/C26H32N4O4S/c1-19-7-5-6-8-20(19)18-28-23-15-21(26(31)27-13-14-30(2)3)16-25(17-23)35(32,33)29-22-9-11-24(34-4)12-10-22/h5-12,15-17,28-29H,13-14,18H2,1-4H3,(H,27,31). The van der Waals surface area contributed by atoms with Crippen molar-refractivity contribution in [2.24, 2.45) is 0 Å². The second-order valence-corrected chi connectivity index (χ2v) is 10.1. The molecule has 0 bridgehead atoms. The average molecular weight is 497 g/mol. The summed E-state index contributed by atoms with van der Waals surface area (Å²) in [5, 5.41) is 6.11. The largest absolute Gasteiger partial charge is 0.497 e. The van der Waals surface area contributed by atoms with E-state index in [0.717, 1.165) is 11.1 Å². The van der Waals surface area contributed by atoms with E-state index in [4.69, 9.17) is 4.74 Å². The highest BCUT2D eigenvalue weighted by atomic mass is 32.2. The molecule has 8 nitrogen and oxygen atoms in total. The van der Waals surface area contributed by atoms with E-state index in [1.54, 1.807) is 37.4 Å². The van der Waals surface area contributed by atoms with Crippen molar-refractivity contribution < 1.29 is 17.9 Å². The predicted octanol–water partition coefficient (Wildman–Crippen LogP) is 3.71. The van der Waals surface area contributed by atoms with E-state index in [9.17, 15) is 13.2 Å².